The van der Waals surface area contributed by atoms with Gasteiger partial charge in [-0.1, -0.05) is 25.2 Å². The zero-order valence-electron chi connectivity index (χ0n) is 33.8. The lowest BCUT2D eigenvalue weighted by Crippen LogP contribution is -2.80. The molecule has 0 atom stereocenters. The van der Waals surface area contributed by atoms with E-state index in [2.05, 4.69) is 4.99 Å². The van der Waals surface area contributed by atoms with E-state index in [1.54, 1.807) is 50.8 Å². The molecule has 0 saturated heterocycles. The second kappa shape index (κ2) is 15.9. The SMILES string of the molecule is CC1(C)C=C(CS(=O)(=O)O)c2cc3c(cc2N1CCCC(=O)O)[Si](C)(C)c1cc2c(cc1C3=[NH+]CC(S(=O)(=O)O)S(=O)(=O)O)C(CS(=O)(=O)O)=CC(C)(C)N2CCS(=O)(=O)O. The molecule has 0 fully saturated rings. The second-order valence-electron chi connectivity index (χ2n) is 16.9. The summed E-state index contributed by atoms with van der Waals surface area (Å²) in [5.74, 6) is -3.60. The molecule has 0 saturated carbocycles. The number of benzene rings is 2. The molecule has 0 bridgehead atoms. The third-order valence-corrected chi connectivity index (χ3v) is 19.7. The van der Waals surface area contributed by atoms with Crippen molar-refractivity contribution in [1.29, 1.82) is 0 Å². The Kier molecular flexibility index (Phi) is 12.6. The van der Waals surface area contributed by atoms with Gasteiger partial charge in [0.2, 0.25) is 5.71 Å². The van der Waals surface area contributed by atoms with E-state index in [4.69, 9.17) is 0 Å². The van der Waals surface area contributed by atoms with Gasteiger partial charge in [-0.3, -0.25) is 27.6 Å². The van der Waals surface area contributed by atoms with Gasteiger partial charge in [-0.05, 0) is 79.9 Å². The summed E-state index contributed by atoms with van der Waals surface area (Å²) in [6, 6.07) is 6.41. The zero-order valence-corrected chi connectivity index (χ0v) is 38.9. The molecule has 7 N–H and O–H groups in total. The molecule has 0 unspecified atom stereocenters. The lowest BCUT2D eigenvalue weighted by molar-refractivity contribution is -0.452. The summed E-state index contributed by atoms with van der Waals surface area (Å²) in [6.07, 6.45) is 3.01. The van der Waals surface area contributed by atoms with Crippen LogP contribution in [-0.4, -0.2) is 142 Å². The lowest BCUT2D eigenvalue weighted by Gasteiger charge is -2.46. The Labute approximate surface area is 355 Å². The summed E-state index contributed by atoms with van der Waals surface area (Å²) in [6.45, 7) is 9.32. The molecule has 0 aromatic heterocycles. The largest absolute Gasteiger partial charge is 0.481 e. The Morgan fingerprint density at radius 1 is 0.656 bits per heavy atom. The van der Waals surface area contributed by atoms with E-state index in [9.17, 15) is 74.8 Å². The first-order chi connectivity index (χ1) is 27.4. The van der Waals surface area contributed by atoms with Gasteiger partial charge >= 0.3 is 5.97 Å². The van der Waals surface area contributed by atoms with Crippen LogP contribution in [0.4, 0.5) is 11.4 Å². The van der Waals surface area contributed by atoms with Crippen molar-refractivity contribution in [3.63, 3.8) is 0 Å². The van der Waals surface area contributed by atoms with Crippen molar-refractivity contribution in [3.8, 4) is 0 Å². The molecule has 3 aliphatic rings. The third kappa shape index (κ3) is 10.6. The van der Waals surface area contributed by atoms with Crippen LogP contribution in [0.5, 0.6) is 0 Å². The number of hydrogen-bond donors (Lipinski definition) is 7. The minimum absolute atomic E-state index is 0.0336. The number of carboxylic acid groups (broad SMARTS) is 1. The Bertz CT molecular complexity index is 2840. The number of fused-ring (bicyclic) bond motifs is 4. The normalized spacial score (nSPS) is 19.1. The van der Waals surface area contributed by atoms with Gasteiger partial charge in [0.05, 0.1) is 16.8 Å². The van der Waals surface area contributed by atoms with Crippen molar-refractivity contribution in [2.24, 2.45) is 0 Å². The first kappa shape index (κ1) is 48.5. The van der Waals surface area contributed by atoms with Crippen molar-refractivity contribution >= 4 is 103 Å². The fraction of sp³-hybridized carbons (Fsp3) is 0.486. The van der Waals surface area contributed by atoms with E-state index < -0.39 is 104 Å². The number of aliphatic carboxylic acids is 1. The van der Waals surface area contributed by atoms with Crippen LogP contribution in [0.15, 0.2) is 36.4 Å². The minimum Gasteiger partial charge on any atom is -0.481 e. The molecule has 0 spiro atoms. The Hall–Kier alpha value is -3.57. The summed E-state index contributed by atoms with van der Waals surface area (Å²) in [4.78, 5) is 17.8. The zero-order chi connectivity index (χ0) is 46.3. The number of carboxylic acids is 1. The van der Waals surface area contributed by atoms with Crippen molar-refractivity contribution in [3.05, 3.63) is 58.7 Å². The number of rotatable bonds is 15. The third-order valence-electron chi connectivity index (χ3n) is 11.0. The highest BCUT2D eigenvalue weighted by atomic mass is 32.3. The fourth-order valence-corrected chi connectivity index (χ4v) is 15.0. The highest BCUT2D eigenvalue weighted by Gasteiger charge is 2.46. The predicted octanol–water partition coefficient (Wildman–Crippen LogP) is -0.665. The van der Waals surface area contributed by atoms with E-state index in [1.807, 2.05) is 18.0 Å². The molecule has 2 aromatic rings. The molecular formula is C35H48N3O17S5Si+. The van der Waals surface area contributed by atoms with Crippen LogP contribution in [0, 0.1) is 0 Å². The molecule has 26 heteroatoms. The van der Waals surface area contributed by atoms with Crippen molar-refractivity contribution in [2.75, 3.05) is 46.7 Å². The summed E-state index contributed by atoms with van der Waals surface area (Å²) >= 11 is 0. The van der Waals surface area contributed by atoms with Crippen molar-refractivity contribution in [1.82, 2.24) is 0 Å². The number of carbonyl (C=O) groups is 1. The molecule has 3 heterocycles. The highest BCUT2D eigenvalue weighted by Crippen LogP contribution is 2.44. The van der Waals surface area contributed by atoms with Crippen LogP contribution in [-0.2, 0) is 55.4 Å². The molecule has 0 aliphatic carbocycles. The maximum atomic E-state index is 12.4. The van der Waals surface area contributed by atoms with E-state index in [-0.39, 0.29) is 70.7 Å². The number of hydrogen-bond acceptors (Lipinski definition) is 13. The summed E-state index contributed by atoms with van der Waals surface area (Å²) < 4.78 is 170. The number of nitrogens with one attached hydrogen (secondary N) is 1. The van der Waals surface area contributed by atoms with Gasteiger partial charge in [-0.2, -0.15) is 42.1 Å². The highest BCUT2D eigenvalue weighted by molar-refractivity contribution is 8.04. The average molecular weight is 971 g/mol. The van der Waals surface area contributed by atoms with Crippen LogP contribution in [0.2, 0.25) is 13.1 Å². The maximum absolute atomic E-state index is 12.4. The van der Waals surface area contributed by atoms with E-state index in [1.165, 1.54) is 18.2 Å². The Morgan fingerprint density at radius 2 is 1.07 bits per heavy atom. The Morgan fingerprint density at radius 3 is 1.43 bits per heavy atom. The summed E-state index contributed by atoms with van der Waals surface area (Å²) in [5, 5.41) is 10.5. The predicted molar refractivity (Wildman–Crippen MR) is 230 cm³/mol. The second-order valence-corrected chi connectivity index (χ2v) is 29.2. The first-order valence-electron chi connectivity index (χ1n) is 18.4. The smallest absolute Gasteiger partial charge is 0.303 e. The molecule has 5 rings (SSSR count). The molecule has 2 aromatic carbocycles. The number of nitrogens with zero attached hydrogens (tertiary/aromatic N) is 2. The van der Waals surface area contributed by atoms with Crippen LogP contribution >= 0.6 is 0 Å². The van der Waals surface area contributed by atoms with E-state index >= 15 is 0 Å². The summed E-state index contributed by atoms with van der Waals surface area (Å²) in [7, 11) is -28.1. The molecule has 3 aliphatic heterocycles. The first-order valence-corrected chi connectivity index (χ1v) is 29.2. The van der Waals surface area contributed by atoms with Crippen LogP contribution in [0.25, 0.3) is 11.1 Å². The topological polar surface area (TPSA) is 330 Å². The minimum atomic E-state index is -5.50. The standard InChI is InChI=1S/C35H47N3O17S5Si/c1-34(2)16-21(19-57(44,45)46)23-12-25-29(14-27(23)37(34)9-7-8-31(39)40)61(5,6)30-15-28-24(13-26(30)33(25)36-18-32(59(50,51)52)60(53,54)55)22(20-58(47,48)49)17-35(3,4)38(28)10-11-56(41,42)43/h12-17,32H,7-11,18-20H2,1-6H3,(H,39,40)(H,41,42,43)(H,44,45,46)(H,47,48,49)(H,50,51,52)(H,53,54,55)/p+1. The van der Waals surface area contributed by atoms with Gasteiger partial charge in [-0.15, -0.1) is 0 Å². The van der Waals surface area contributed by atoms with Gasteiger partial charge in [0.25, 0.3) is 55.2 Å². The fourth-order valence-electron chi connectivity index (χ4n) is 8.44. The molecule has 61 heavy (non-hydrogen) atoms. The monoisotopic (exact) mass is 970 g/mol. The molecular weight excluding hydrogens is 923 g/mol. The lowest BCUT2D eigenvalue weighted by atomic mass is 9.85. The van der Waals surface area contributed by atoms with Gasteiger partial charge in [-0.25, -0.2) is 4.99 Å². The van der Waals surface area contributed by atoms with Gasteiger partial charge in [0.1, 0.15) is 19.6 Å². The molecule has 0 radical (unpaired) electrons. The maximum Gasteiger partial charge on any atom is 0.303 e. The van der Waals surface area contributed by atoms with Gasteiger partial charge in [0, 0.05) is 53.1 Å². The Balaban J connectivity index is 1.93. The van der Waals surface area contributed by atoms with Crippen molar-refractivity contribution < 1.29 is 79.7 Å². The molecule has 0 amide bonds. The average Bonchev–Trinajstić information content (AvgIpc) is 3.03. The van der Waals surface area contributed by atoms with Crippen LogP contribution in [0.1, 0.15) is 62.8 Å². The van der Waals surface area contributed by atoms with Crippen LogP contribution < -0.4 is 25.2 Å². The quantitative estimate of drug-likeness (QED) is 0.0860. The van der Waals surface area contributed by atoms with Crippen LogP contribution in [0.3, 0.4) is 0 Å². The van der Waals surface area contributed by atoms with E-state index in [0.29, 0.717) is 16.1 Å². The van der Waals surface area contributed by atoms with Crippen molar-refractivity contribution in [2.45, 2.75) is 69.3 Å². The van der Waals surface area contributed by atoms with Gasteiger partial charge in [0.15, 0.2) is 6.54 Å². The van der Waals surface area contributed by atoms with Gasteiger partial charge < -0.3 is 14.9 Å². The van der Waals surface area contributed by atoms with E-state index in [0.717, 1.165) is 0 Å². The molecule has 20 nitrogen and oxygen atoms in total. The summed E-state index contributed by atoms with van der Waals surface area (Å²) in [5.41, 5.74) is -0.408. The number of anilines is 2. The molecule has 338 valence electrons.